The minimum atomic E-state index is -0.386. The van der Waals surface area contributed by atoms with E-state index in [9.17, 15) is 9.59 Å². The second kappa shape index (κ2) is 7.71. The zero-order valence-corrected chi connectivity index (χ0v) is 18.5. The van der Waals surface area contributed by atoms with E-state index in [2.05, 4.69) is 59.3 Å². The molecule has 4 aromatic rings. The fourth-order valence-corrected chi connectivity index (χ4v) is 4.93. The van der Waals surface area contributed by atoms with Crippen molar-refractivity contribution < 1.29 is 9.59 Å². The maximum absolute atomic E-state index is 13.2. The van der Waals surface area contributed by atoms with Gasteiger partial charge in [0.15, 0.2) is 0 Å². The number of carbonyl (C=O) groups is 2. The third kappa shape index (κ3) is 2.94. The Balaban J connectivity index is 1.72. The Hall–Kier alpha value is -3.80. The number of hydrogen-bond acceptors (Lipinski definition) is 3. The second-order valence-electron chi connectivity index (χ2n) is 8.15. The van der Waals surface area contributed by atoms with Crippen LogP contribution in [0.25, 0.3) is 21.8 Å². The molecule has 6 nitrogen and oxygen atoms in total. The van der Waals surface area contributed by atoms with Crippen LogP contribution in [0.4, 0.5) is 5.69 Å². The maximum atomic E-state index is 13.2. The summed E-state index contributed by atoms with van der Waals surface area (Å²) in [6.07, 6.45) is -0.386. The van der Waals surface area contributed by atoms with Crippen molar-refractivity contribution in [1.82, 2.24) is 14.8 Å². The molecule has 0 radical (unpaired) electrons. The molecule has 5 rings (SSSR count). The van der Waals surface area contributed by atoms with Crippen molar-refractivity contribution in [2.24, 2.45) is 0 Å². The van der Waals surface area contributed by atoms with Gasteiger partial charge >= 0.3 is 0 Å². The van der Waals surface area contributed by atoms with E-state index in [1.807, 2.05) is 29.2 Å². The Morgan fingerprint density at radius 3 is 2.47 bits per heavy atom. The van der Waals surface area contributed by atoms with Gasteiger partial charge in [-0.3, -0.25) is 9.59 Å². The molecule has 0 fully saturated rings. The van der Waals surface area contributed by atoms with Gasteiger partial charge in [-0.1, -0.05) is 36.4 Å². The highest BCUT2D eigenvalue weighted by atomic mass is 16.2. The monoisotopic (exact) mass is 426 g/mol. The number of likely N-dealkylation sites (N-methyl/N-ethyl adjacent to an activating group) is 1. The number of aromatic nitrogens is 1. The summed E-state index contributed by atoms with van der Waals surface area (Å²) < 4.78 is 2.31. The molecule has 1 aliphatic heterocycles. The van der Waals surface area contributed by atoms with Gasteiger partial charge in [0.25, 0.3) is 5.91 Å². The Bertz CT molecular complexity index is 1360. The minimum Gasteiger partial charge on any atom is -0.358 e. The molecular weight excluding hydrogens is 400 g/mol. The summed E-state index contributed by atoms with van der Waals surface area (Å²) in [5.74, 6) is -0.147. The van der Waals surface area contributed by atoms with E-state index in [-0.39, 0.29) is 24.5 Å². The molecule has 32 heavy (non-hydrogen) atoms. The molecule has 0 bridgehead atoms. The van der Waals surface area contributed by atoms with Crippen LogP contribution >= 0.6 is 0 Å². The lowest BCUT2D eigenvalue weighted by atomic mass is 10.00. The van der Waals surface area contributed by atoms with E-state index in [1.54, 1.807) is 19.0 Å². The quantitative estimate of drug-likeness (QED) is 0.533. The fourth-order valence-electron chi connectivity index (χ4n) is 4.93. The topological polar surface area (TPSA) is 57.6 Å². The smallest absolute Gasteiger partial charge is 0.257 e. The van der Waals surface area contributed by atoms with E-state index in [0.29, 0.717) is 5.56 Å². The normalized spacial score (nSPS) is 16.0. The third-order valence-electron chi connectivity index (χ3n) is 6.43. The summed E-state index contributed by atoms with van der Waals surface area (Å²) in [5, 5.41) is 5.06. The van der Waals surface area contributed by atoms with Crippen LogP contribution in [-0.4, -0.2) is 41.9 Å². The molecule has 0 aliphatic carbocycles. The summed E-state index contributed by atoms with van der Waals surface area (Å²) in [7, 11) is 3.44. The molecule has 1 atom stereocenters. The minimum absolute atomic E-state index is 0.0464. The summed E-state index contributed by atoms with van der Waals surface area (Å²) in [5.41, 5.74) is 4.73. The first kappa shape index (κ1) is 20.1. The van der Waals surface area contributed by atoms with Gasteiger partial charge in [-0.05, 0) is 42.8 Å². The van der Waals surface area contributed by atoms with Crippen molar-refractivity contribution in [1.29, 1.82) is 0 Å². The highest BCUT2D eigenvalue weighted by molar-refractivity contribution is 6.08. The molecule has 3 aromatic carbocycles. The van der Waals surface area contributed by atoms with Crippen LogP contribution in [0.3, 0.4) is 0 Å². The molecule has 0 saturated heterocycles. The number of benzene rings is 3. The lowest BCUT2D eigenvalue weighted by molar-refractivity contribution is -0.119. The van der Waals surface area contributed by atoms with E-state index in [4.69, 9.17) is 0 Å². The number of nitrogens with one attached hydrogen (secondary N) is 1. The predicted octanol–water partition coefficient (Wildman–Crippen LogP) is 4.15. The van der Waals surface area contributed by atoms with Crippen LogP contribution in [-0.2, 0) is 11.3 Å². The standard InChI is InChI=1S/C26H26N4O2/c1-4-29-21-11-7-5-9-18(21)20-15-17(13-14-23(20)29)25-28(3)26(32)19-10-6-8-12-22(19)30(25)16-24(31)27-2/h5-15,25H,4,16H2,1-3H3,(H,27,31)/t25-/m1/s1. The summed E-state index contributed by atoms with van der Waals surface area (Å²) in [4.78, 5) is 29.4. The lowest BCUT2D eigenvalue weighted by Gasteiger charge is -2.44. The van der Waals surface area contributed by atoms with Gasteiger partial charge in [-0.15, -0.1) is 0 Å². The first-order valence-corrected chi connectivity index (χ1v) is 10.9. The summed E-state index contributed by atoms with van der Waals surface area (Å²) in [6, 6.07) is 22.3. The van der Waals surface area contributed by atoms with E-state index < -0.39 is 0 Å². The molecule has 0 spiro atoms. The van der Waals surface area contributed by atoms with Crippen molar-refractivity contribution in [3.63, 3.8) is 0 Å². The Morgan fingerprint density at radius 1 is 0.969 bits per heavy atom. The molecule has 162 valence electrons. The van der Waals surface area contributed by atoms with Crippen molar-refractivity contribution in [3.05, 3.63) is 77.9 Å². The van der Waals surface area contributed by atoms with E-state index in [0.717, 1.165) is 23.2 Å². The lowest BCUT2D eigenvalue weighted by Crippen LogP contribution is -2.50. The largest absolute Gasteiger partial charge is 0.358 e. The zero-order chi connectivity index (χ0) is 22.4. The average molecular weight is 427 g/mol. The van der Waals surface area contributed by atoms with Crippen LogP contribution in [0.1, 0.15) is 29.0 Å². The van der Waals surface area contributed by atoms with Crippen LogP contribution < -0.4 is 10.2 Å². The number of rotatable bonds is 4. The third-order valence-corrected chi connectivity index (χ3v) is 6.43. The molecule has 2 heterocycles. The second-order valence-corrected chi connectivity index (χ2v) is 8.15. The molecule has 1 N–H and O–H groups in total. The molecule has 0 saturated carbocycles. The number of aryl methyl sites for hydroxylation is 1. The number of amides is 2. The average Bonchev–Trinajstić information content (AvgIpc) is 3.15. The Kier molecular flexibility index (Phi) is 4.85. The summed E-state index contributed by atoms with van der Waals surface area (Å²) in [6.45, 7) is 3.18. The number of para-hydroxylation sites is 2. The van der Waals surface area contributed by atoms with Gasteiger partial charge in [-0.2, -0.15) is 0 Å². The fraction of sp³-hybridized carbons (Fsp3) is 0.231. The molecular formula is C26H26N4O2. The van der Waals surface area contributed by atoms with Crippen molar-refractivity contribution in [2.75, 3.05) is 25.5 Å². The Labute approximate surface area is 187 Å². The van der Waals surface area contributed by atoms with Gasteiger partial charge in [0.2, 0.25) is 5.91 Å². The summed E-state index contributed by atoms with van der Waals surface area (Å²) >= 11 is 0. The van der Waals surface area contributed by atoms with Gasteiger partial charge < -0.3 is 19.7 Å². The SMILES string of the molecule is CCn1c2ccccc2c2cc([C@@H]3N(C)C(=O)c4ccccc4N3CC(=O)NC)ccc21. The van der Waals surface area contributed by atoms with E-state index in [1.165, 1.54) is 16.4 Å². The van der Waals surface area contributed by atoms with Gasteiger partial charge in [0, 0.05) is 42.4 Å². The van der Waals surface area contributed by atoms with Crippen LogP contribution in [0.2, 0.25) is 0 Å². The van der Waals surface area contributed by atoms with Crippen molar-refractivity contribution in [3.8, 4) is 0 Å². The molecule has 2 amide bonds. The van der Waals surface area contributed by atoms with Crippen LogP contribution in [0, 0.1) is 0 Å². The molecule has 1 aromatic heterocycles. The van der Waals surface area contributed by atoms with Gasteiger partial charge in [0.1, 0.15) is 6.17 Å². The zero-order valence-electron chi connectivity index (χ0n) is 18.5. The molecule has 6 heteroatoms. The van der Waals surface area contributed by atoms with E-state index >= 15 is 0 Å². The number of anilines is 1. The van der Waals surface area contributed by atoms with Crippen LogP contribution in [0.15, 0.2) is 66.7 Å². The number of carbonyl (C=O) groups excluding carboxylic acids is 2. The highest BCUT2D eigenvalue weighted by Gasteiger charge is 2.37. The number of fused-ring (bicyclic) bond motifs is 4. The first-order valence-electron chi connectivity index (χ1n) is 10.9. The highest BCUT2D eigenvalue weighted by Crippen LogP contribution is 2.39. The maximum Gasteiger partial charge on any atom is 0.257 e. The molecule has 1 aliphatic rings. The Morgan fingerprint density at radius 2 is 1.69 bits per heavy atom. The van der Waals surface area contributed by atoms with Gasteiger partial charge in [0.05, 0.1) is 17.8 Å². The van der Waals surface area contributed by atoms with Crippen molar-refractivity contribution >= 4 is 39.3 Å². The predicted molar refractivity (Wildman–Crippen MR) is 128 cm³/mol. The van der Waals surface area contributed by atoms with Crippen molar-refractivity contribution in [2.45, 2.75) is 19.6 Å². The number of hydrogen-bond donors (Lipinski definition) is 1. The van der Waals surface area contributed by atoms with Crippen LogP contribution in [0.5, 0.6) is 0 Å². The number of nitrogens with zero attached hydrogens (tertiary/aromatic N) is 3. The molecule has 0 unspecified atom stereocenters. The first-order chi connectivity index (χ1) is 15.5. The van der Waals surface area contributed by atoms with Gasteiger partial charge in [-0.25, -0.2) is 0 Å².